The van der Waals surface area contributed by atoms with Crippen LogP contribution in [0.25, 0.3) is 21.3 Å². The van der Waals surface area contributed by atoms with Crippen LogP contribution in [0.5, 0.6) is 0 Å². The molecule has 1 saturated carbocycles. The first-order chi connectivity index (χ1) is 16.8. The number of nitrogens with one attached hydrogen (secondary N) is 2. The molecule has 1 spiro atoms. The zero-order chi connectivity index (χ0) is 24.7. The van der Waals surface area contributed by atoms with E-state index < -0.39 is 29.6 Å². The van der Waals surface area contributed by atoms with E-state index in [-0.39, 0.29) is 5.91 Å². The molecule has 9 nitrogen and oxygen atoms in total. The van der Waals surface area contributed by atoms with Crippen molar-refractivity contribution in [2.75, 3.05) is 12.0 Å². The van der Waals surface area contributed by atoms with Gasteiger partial charge in [-0.05, 0) is 44.1 Å². The molecule has 1 aliphatic carbocycles. The highest BCUT2D eigenvalue weighted by molar-refractivity contribution is 7.19. The van der Waals surface area contributed by atoms with Gasteiger partial charge in [0.2, 0.25) is 0 Å². The number of hydrogen-bond acceptors (Lipinski definition) is 6. The van der Waals surface area contributed by atoms with Gasteiger partial charge in [0, 0.05) is 10.4 Å². The summed E-state index contributed by atoms with van der Waals surface area (Å²) in [6.45, 7) is 3.59. The quantitative estimate of drug-likeness (QED) is 0.529. The van der Waals surface area contributed by atoms with Gasteiger partial charge in [0.15, 0.2) is 0 Å². The Kier molecular flexibility index (Phi) is 5.92. The minimum Gasteiger partial charge on any atom is -0.323 e. The summed E-state index contributed by atoms with van der Waals surface area (Å²) in [6.07, 6.45) is 5.20. The lowest BCUT2D eigenvalue weighted by molar-refractivity contribution is -0.135. The second kappa shape index (κ2) is 8.92. The van der Waals surface area contributed by atoms with E-state index in [0.717, 1.165) is 44.8 Å². The van der Waals surface area contributed by atoms with E-state index in [2.05, 4.69) is 22.7 Å². The molecule has 2 fully saturated rings. The van der Waals surface area contributed by atoms with Crippen molar-refractivity contribution >= 4 is 39.4 Å². The van der Waals surface area contributed by atoms with Gasteiger partial charge >= 0.3 is 6.03 Å². The summed E-state index contributed by atoms with van der Waals surface area (Å²) >= 11 is 1.41. The van der Waals surface area contributed by atoms with Crippen LogP contribution in [-0.4, -0.2) is 44.5 Å². The molecule has 0 unspecified atom stereocenters. The van der Waals surface area contributed by atoms with E-state index in [1.54, 1.807) is 0 Å². The van der Waals surface area contributed by atoms with Gasteiger partial charge in [-0.15, -0.1) is 11.3 Å². The van der Waals surface area contributed by atoms with Crippen LogP contribution in [0.15, 0.2) is 41.5 Å². The highest BCUT2D eigenvalue weighted by Crippen LogP contribution is 2.38. The Morgan fingerprint density at radius 1 is 1.20 bits per heavy atom. The third kappa shape index (κ3) is 4.01. The zero-order valence-electron chi connectivity index (χ0n) is 19.7. The van der Waals surface area contributed by atoms with Crippen LogP contribution in [0.4, 0.5) is 4.79 Å². The van der Waals surface area contributed by atoms with Gasteiger partial charge in [-0.1, -0.05) is 43.7 Å². The van der Waals surface area contributed by atoms with E-state index in [0.29, 0.717) is 29.0 Å². The number of thiophene rings is 1. The molecular formula is C25H27N5O4S. The molecule has 1 saturated heterocycles. The van der Waals surface area contributed by atoms with Gasteiger partial charge in [-0.25, -0.2) is 14.5 Å². The van der Waals surface area contributed by atoms with Gasteiger partial charge in [0.05, 0.1) is 5.39 Å². The number of carbonyl (C=O) groups excluding carboxylic acids is 3. The second-order valence-electron chi connectivity index (χ2n) is 9.29. The van der Waals surface area contributed by atoms with Crippen molar-refractivity contribution in [3.63, 3.8) is 0 Å². The number of nitrogens with zero attached hydrogens (tertiary/aromatic N) is 3. The Balaban J connectivity index is 1.36. The standard InChI is InChI=1S/C25H27N5O4S/c1-3-16-9-11-25(12-10-16)23(33)29(24(34)27-25)13-18(31)28-30-14-26-21-20(22(30)32)19(15(2)35-21)17-7-5-4-6-8-17/h4-8,14,16H,3,9-13H2,1-2H3,(H,27,34)(H,28,31). The van der Waals surface area contributed by atoms with Gasteiger partial charge < -0.3 is 5.32 Å². The SMILES string of the molecule is CCC1CCC2(CC1)NC(=O)N(CC(=O)Nn1cnc3sc(C)c(-c4ccccc4)c3c1=O)C2=O. The summed E-state index contributed by atoms with van der Waals surface area (Å²) in [5.74, 6) is -0.462. The third-order valence-corrected chi connectivity index (χ3v) is 8.19. The van der Waals surface area contributed by atoms with Crippen LogP contribution in [0, 0.1) is 12.8 Å². The zero-order valence-corrected chi connectivity index (χ0v) is 20.5. The molecule has 5 rings (SSSR count). The number of rotatable bonds is 5. The lowest BCUT2D eigenvalue weighted by Crippen LogP contribution is -2.50. The molecule has 0 bridgehead atoms. The maximum absolute atomic E-state index is 13.3. The summed E-state index contributed by atoms with van der Waals surface area (Å²) in [6, 6.07) is 8.97. The number of aryl methyl sites for hydroxylation is 1. The fourth-order valence-corrected chi connectivity index (χ4v) is 6.19. The van der Waals surface area contributed by atoms with E-state index in [1.165, 1.54) is 17.7 Å². The molecule has 182 valence electrons. The topological polar surface area (TPSA) is 113 Å². The average molecular weight is 494 g/mol. The minimum absolute atomic E-state index is 0.368. The predicted molar refractivity (Wildman–Crippen MR) is 134 cm³/mol. The summed E-state index contributed by atoms with van der Waals surface area (Å²) in [4.78, 5) is 58.6. The maximum atomic E-state index is 13.3. The Morgan fingerprint density at radius 2 is 1.91 bits per heavy atom. The molecule has 3 heterocycles. The van der Waals surface area contributed by atoms with E-state index in [4.69, 9.17) is 0 Å². The normalized spacial score (nSPS) is 22.1. The molecule has 4 amide bonds. The van der Waals surface area contributed by atoms with Crippen molar-refractivity contribution in [2.24, 2.45) is 5.92 Å². The van der Waals surface area contributed by atoms with E-state index in [9.17, 15) is 19.2 Å². The molecular weight excluding hydrogens is 466 g/mol. The Morgan fingerprint density at radius 3 is 2.60 bits per heavy atom. The van der Waals surface area contributed by atoms with Gasteiger partial charge in [0.1, 0.15) is 23.2 Å². The lowest BCUT2D eigenvalue weighted by atomic mass is 9.75. The monoisotopic (exact) mass is 493 g/mol. The van der Waals surface area contributed by atoms with Crippen LogP contribution < -0.4 is 16.3 Å². The molecule has 0 radical (unpaired) electrons. The van der Waals surface area contributed by atoms with Crippen molar-refractivity contribution in [1.82, 2.24) is 19.9 Å². The van der Waals surface area contributed by atoms with Crippen LogP contribution in [0.2, 0.25) is 0 Å². The molecule has 2 N–H and O–H groups in total. The summed E-state index contributed by atoms with van der Waals surface area (Å²) < 4.78 is 1.02. The van der Waals surface area contributed by atoms with Crippen LogP contribution >= 0.6 is 11.3 Å². The fourth-order valence-electron chi connectivity index (χ4n) is 5.19. The van der Waals surface area contributed by atoms with Crippen molar-refractivity contribution in [3.05, 3.63) is 51.9 Å². The van der Waals surface area contributed by atoms with E-state index >= 15 is 0 Å². The number of imide groups is 1. The first-order valence-corrected chi connectivity index (χ1v) is 12.6. The van der Waals surface area contributed by atoms with Crippen molar-refractivity contribution in [2.45, 2.75) is 51.5 Å². The largest absolute Gasteiger partial charge is 0.325 e. The van der Waals surface area contributed by atoms with Crippen LogP contribution in [-0.2, 0) is 9.59 Å². The number of benzene rings is 1. The van der Waals surface area contributed by atoms with Crippen LogP contribution in [0.1, 0.15) is 43.9 Å². The van der Waals surface area contributed by atoms with Crippen molar-refractivity contribution < 1.29 is 14.4 Å². The number of fused-ring (bicyclic) bond motifs is 1. The van der Waals surface area contributed by atoms with Crippen LogP contribution in [0.3, 0.4) is 0 Å². The predicted octanol–water partition coefficient (Wildman–Crippen LogP) is 3.39. The molecule has 1 aliphatic heterocycles. The number of urea groups is 1. The molecule has 2 aromatic heterocycles. The summed E-state index contributed by atoms with van der Waals surface area (Å²) in [5.41, 5.74) is 2.84. The molecule has 1 aromatic carbocycles. The first-order valence-electron chi connectivity index (χ1n) is 11.8. The summed E-state index contributed by atoms with van der Waals surface area (Å²) in [7, 11) is 0. The Bertz CT molecular complexity index is 1370. The minimum atomic E-state index is -0.918. The molecule has 10 heteroatoms. The van der Waals surface area contributed by atoms with Gasteiger partial charge in [-0.3, -0.25) is 24.7 Å². The van der Waals surface area contributed by atoms with Crippen molar-refractivity contribution in [3.8, 4) is 11.1 Å². The first kappa shape index (κ1) is 23.2. The smallest absolute Gasteiger partial charge is 0.323 e. The molecule has 3 aromatic rings. The highest BCUT2D eigenvalue weighted by Gasteiger charge is 2.52. The average Bonchev–Trinajstić information content (AvgIpc) is 3.31. The number of hydrogen-bond donors (Lipinski definition) is 2. The number of carbonyl (C=O) groups is 3. The Labute approximate surface area is 206 Å². The Hall–Kier alpha value is -3.53. The number of amides is 4. The highest BCUT2D eigenvalue weighted by atomic mass is 32.1. The molecule has 35 heavy (non-hydrogen) atoms. The van der Waals surface area contributed by atoms with E-state index in [1.807, 2.05) is 37.3 Å². The third-order valence-electron chi connectivity index (χ3n) is 7.18. The maximum Gasteiger partial charge on any atom is 0.325 e. The second-order valence-corrected chi connectivity index (χ2v) is 10.5. The number of aromatic nitrogens is 2. The molecule has 0 atom stereocenters. The summed E-state index contributed by atoms with van der Waals surface area (Å²) in [5, 5.41) is 3.24. The lowest BCUT2D eigenvalue weighted by Gasteiger charge is -2.34. The fraction of sp³-hybridized carbons (Fsp3) is 0.400. The molecule has 2 aliphatic rings. The van der Waals surface area contributed by atoms with Gasteiger partial charge in [0.25, 0.3) is 17.4 Å². The van der Waals surface area contributed by atoms with Crippen molar-refractivity contribution in [1.29, 1.82) is 0 Å². The van der Waals surface area contributed by atoms with Gasteiger partial charge in [-0.2, -0.15) is 0 Å².